The molecule has 3 heterocycles. The van der Waals surface area contributed by atoms with Gasteiger partial charge in [-0.05, 0) is 24.3 Å². The molecule has 0 unspecified atom stereocenters. The van der Waals surface area contributed by atoms with E-state index >= 15 is 0 Å². The van der Waals surface area contributed by atoms with E-state index in [-0.39, 0.29) is 13.2 Å². The predicted molar refractivity (Wildman–Crippen MR) is 104 cm³/mol. The first kappa shape index (κ1) is 17.9. The second-order valence-corrected chi connectivity index (χ2v) is 6.97. The molecular weight excluding hydrogens is 390 g/mol. The summed E-state index contributed by atoms with van der Waals surface area (Å²) in [4.78, 5) is 36.9. The number of aliphatic carboxylic acids is 1. The molecule has 0 radical (unpaired) electrons. The number of benzene rings is 2. The van der Waals surface area contributed by atoms with Crippen LogP contribution in [0, 0.1) is 0 Å². The molecule has 0 aromatic heterocycles. The fourth-order valence-electron chi connectivity index (χ4n) is 3.93. The number of anilines is 1. The number of hydrogen-bond donors (Lipinski definition) is 2. The second-order valence-electron chi connectivity index (χ2n) is 6.97. The average molecular weight is 405 g/mol. The van der Waals surface area contributed by atoms with Crippen molar-refractivity contribution in [1.82, 2.24) is 5.01 Å². The highest BCUT2D eigenvalue weighted by atomic mass is 16.7. The van der Waals surface area contributed by atoms with Gasteiger partial charge in [-0.3, -0.25) is 9.59 Å². The summed E-state index contributed by atoms with van der Waals surface area (Å²) in [5, 5.41) is 17.2. The fourth-order valence-corrected chi connectivity index (χ4v) is 3.93. The topological polar surface area (TPSA) is 118 Å². The number of nitrogens with one attached hydrogen (secondary N) is 1. The number of hydrogen-bond acceptors (Lipinski definition) is 6. The molecule has 9 nitrogen and oxygen atoms in total. The minimum Gasteiger partial charge on any atom is -0.478 e. The van der Waals surface area contributed by atoms with Crippen molar-refractivity contribution in [3.8, 4) is 11.5 Å². The third-order valence-electron chi connectivity index (χ3n) is 5.29. The van der Waals surface area contributed by atoms with Gasteiger partial charge in [-0.15, -0.1) is 0 Å². The molecule has 5 rings (SSSR count). The molecule has 3 aliphatic rings. The number of para-hydroxylation sites is 1. The highest BCUT2D eigenvalue weighted by molar-refractivity contribution is 6.16. The van der Waals surface area contributed by atoms with Crippen LogP contribution in [0.4, 0.5) is 5.69 Å². The Kier molecular flexibility index (Phi) is 3.85. The quantitative estimate of drug-likeness (QED) is 0.753. The summed E-state index contributed by atoms with van der Waals surface area (Å²) < 4.78 is 10.7. The lowest BCUT2D eigenvalue weighted by Gasteiger charge is -2.29. The van der Waals surface area contributed by atoms with E-state index in [0.29, 0.717) is 34.0 Å². The maximum Gasteiger partial charge on any atom is 0.328 e. The molecule has 0 saturated heterocycles. The molecule has 2 aromatic rings. The van der Waals surface area contributed by atoms with Crippen molar-refractivity contribution >= 4 is 29.2 Å². The standard InChI is InChI=1S/C21H15N3O6/c25-18(7-8-19(26)27)24-21(13-3-1-2-4-14(13)22-20(21)28)10-15(23-24)12-5-6-16-17(9-12)30-11-29-16/h1-9H,10-11H2,(H,22,28)(H,26,27)/b8-7-/t21-/m1/s1. The molecule has 30 heavy (non-hydrogen) atoms. The number of ether oxygens (including phenoxy) is 2. The Labute approximate surface area is 170 Å². The molecule has 1 atom stereocenters. The number of carboxylic acid groups (broad SMARTS) is 1. The zero-order valence-corrected chi connectivity index (χ0v) is 15.5. The third kappa shape index (κ3) is 2.55. The summed E-state index contributed by atoms with van der Waals surface area (Å²) in [6, 6.07) is 12.3. The monoisotopic (exact) mass is 405 g/mol. The lowest BCUT2D eigenvalue weighted by Crippen LogP contribution is -2.48. The number of carboxylic acids is 1. The van der Waals surface area contributed by atoms with Gasteiger partial charge in [0, 0.05) is 35.4 Å². The van der Waals surface area contributed by atoms with Gasteiger partial charge >= 0.3 is 5.97 Å². The number of nitrogens with zero attached hydrogens (tertiary/aromatic N) is 2. The van der Waals surface area contributed by atoms with E-state index in [1.807, 2.05) is 0 Å². The summed E-state index contributed by atoms with van der Waals surface area (Å²) in [7, 11) is 0. The van der Waals surface area contributed by atoms with Crippen LogP contribution >= 0.6 is 0 Å². The molecule has 0 fully saturated rings. The van der Waals surface area contributed by atoms with E-state index in [0.717, 1.165) is 17.2 Å². The van der Waals surface area contributed by atoms with Crippen molar-refractivity contribution < 1.29 is 29.0 Å². The van der Waals surface area contributed by atoms with Crippen molar-refractivity contribution in [2.45, 2.75) is 12.0 Å². The Bertz CT molecular complexity index is 1170. The van der Waals surface area contributed by atoms with E-state index < -0.39 is 23.3 Å². The molecule has 0 aliphatic carbocycles. The Morgan fingerprint density at radius 3 is 2.77 bits per heavy atom. The molecule has 2 N–H and O–H groups in total. The van der Waals surface area contributed by atoms with Gasteiger partial charge in [0.05, 0.1) is 5.71 Å². The van der Waals surface area contributed by atoms with E-state index in [9.17, 15) is 14.4 Å². The number of hydrazone groups is 1. The summed E-state index contributed by atoms with van der Waals surface area (Å²) in [5.41, 5.74) is 0.962. The third-order valence-corrected chi connectivity index (χ3v) is 5.29. The minimum atomic E-state index is -1.40. The van der Waals surface area contributed by atoms with E-state index in [2.05, 4.69) is 10.4 Å². The molecule has 3 aliphatic heterocycles. The smallest absolute Gasteiger partial charge is 0.328 e. The van der Waals surface area contributed by atoms with E-state index in [1.165, 1.54) is 0 Å². The summed E-state index contributed by atoms with van der Waals surface area (Å²) in [6.45, 7) is 0.121. The van der Waals surface area contributed by atoms with Gasteiger partial charge in [0.1, 0.15) is 0 Å². The van der Waals surface area contributed by atoms with E-state index in [4.69, 9.17) is 14.6 Å². The normalized spacial score (nSPS) is 21.1. The van der Waals surface area contributed by atoms with Gasteiger partial charge in [0.25, 0.3) is 11.8 Å². The highest BCUT2D eigenvalue weighted by Crippen LogP contribution is 2.47. The Hall–Kier alpha value is -4.14. The summed E-state index contributed by atoms with van der Waals surface area (Å²) in [5.74, 6) is -1.22. The van der Waals surface area contributed by atoms with Gasteiger partial charge < -0.3 is 19.9 Å². The Morgan fingerprint density at radius 2 is 1.93 bits per heavy atom. The molecule has 0 bridgehead atoms. The van der Waals surface area contributed by atoms with Crippen LogP contribution in [0.2, 0.25) is 0 Å². The largest absolute Gasteiger partial charge is 0.478 e. The van der Waals surface area contributed by atoms with Crippen LogP contribution < -0.4 is 14.8 Å². The number of amides is 2. The predicted octanol–water partition coefficient (Wildman–Crippen LogP) is 1.84. The summed E-state index contributed by atoms with van der Waals surface area (Å²) >= 11 is 0. The summed E-state index contributed by atoms with van der Waals surface area (Å²) in [6.07, 6.45) is 1.75. The molecule has 1 spiro atoms. The van der Waals surface area contributed by atoms with Crippen molar-refractivity contribution in [3.63, 3.8) is 0 Å². The maximum atomic E-state index is 13.1. The molecule has 0 saturated carbocycles. The van der Waals surface area contributed by atoms with Crippen molar-refractivity contribution in [1.29, 1.82) is 0 Å². The van der Waals surface area contributed by atoms with Crippen LogP contribution in [-0.4, -0.2) is 40.4 Å². The highest BCUT2D eigenvalue weighted by Gasteiger charge is 2.57. The van der Waals surface area contributed by atoms with Gasteiger partial charge in [-0.2, -0.15) is 5.10 Å². The first-order valence-corrected chi connectivity index (χ1v) is 9.13. The van der Waals surface area contributed by atoms with Gasteiger partial charge in [0.2, 0.25) is 6.79 Å². The van der Waals surface area contributed by atoms with Crippen molar-refractivity contribution in [3.05, 3.63) is 65.7 Å². The van der Waals surface area contributed by atoms with Crippen molar-refractivity contribution in [2.75, 3.05) is 12.1 Å². The van der Waals surface area contributed by atoms with Crippen LogP contribution in [0.25, 0.3) is 0 Å². The second kappa shape index (κ2) is 6.45. The number of rotatable bonds is 3. The van der Waals surface area contributed by atoms with Crippen LogP contribution in [0.3, 0.4) is 0 Å². The SMILES string of the molecule is O=C(O)/C=C\C(=O)N1N=C(c2ccc3c(c2)OCO3)C[C@@]12C(=O)Nc1ccccc12. The lowest BCUT2D eigenvalue weighted by molar-refractivity contribution is -0.140. The van der Waals surface area contributed by atoms with E-state index in [1.54, 1.807) is 42.5 Å². The maximum absolute atomic E-state index is 13.1. The van der Waals surface area contributed by atoms with Gasteiger partial charge in [-0.25, -0.2) is 9.80 Å². The van der Waals surface area contributed by atoms with Crippen LogP contribution in [0.5, 0.6) is 11.5 Å². The van der Waals surface area contributed by atoms with Crippen LogP contribution in [0.1, 0.15) is 17.5 Å². The van der Waals surface area contributed by atoms with Crippen LogP contribution in [0.15, 0.2) is 59.7 Å². The van der Waals surface area contributed by atoms with Crippen LogP contribution in [-0.2, 0) is 19.9 Å². The van der Waals surface area contributed by atoms with Gasteiger partial charge in [-0.1, -0.05) is 18.2 Å². The number of fused-ring (bicyclic) bond motifs is 3. The van der Waals surface area contributed by atoms with Gasteiger partial charge in [0.15, 0.2) is 17.0 Å². The molecule has 150 valence electrons. The molecular formula is C21H15N3O6. The number of carbonyl (C=O) groups is 3. The first-order valence-electron chi connectivity index (χ1n) is 9.13. The Balaban J connectivity index is 1.62. The first-order chi connectivity index (χ1) is 14.5. The van der Waals surface area contributed by atoms with Crippen molar-refractivity contribution in [2.24, 2.45) is 5.10 Å². The molecule has 9 heteroatoms. The zero-order valence-electron chi connectivity index (χ0n) is 15.5. The average Bonchev–Trinajstić information content (AvgIpc) is 3.43. The Morgan fingerprint density at radius 1 is 1.13 bits per heavy atom. The number of carbonyl (C=O) groups excluding carboxylic acids is 2. The zero-order chi connectivity index (χ0) is 20.9. The fraction of sp³-hybridized carbons (Fsp3) is 0.143. The minimum absolute atomic E-state index is 0.121. The lowest BCUT2D eigenvalue weighted by atomic mass is 9.85. The molecule has 2 aromatic carbocycles. The molecule has 2 amide bonds.